The van der Waals surface area contributed by atoms with Gasteiger partial charge >= 0.3 is 5.97 Å². The van der Waals surface area contributed by atoms with Gasteiger partial charge in [0.15, 0.2) is 11.5 Å². The number of aromatic nitrogens is 1. The lowest BCUT2D eigenvalue weighted by Crippen LogP contribution is -2.16. The molecule has 4 aromatic carbocycles. The lowest BCUT2D eigenvalue weighted by Gasteiger charge is -2.17. The van der Waals surface area contributed by atoms with Gasteiger partial charge in [-0.15, -0.1) is 0 Å². The van der Waals surface area contributed by atoms with E-state index in [4.69, 9.17) is 14.2 Å². The number of hydrogen-bond acceptors (Lipinski definition) is 6. The van der Waals surface area contributed by atoms with E-state index in [0.29, 0.717) is 39.5 Å². The van der Waals surface area contributed by atoms with Crippen LogP contribution in [0.5, 0.6) is 11.5 Å². The number of nitrogens with zero attached hydrogens (tertiary/aromatic N) is 1. The largest absolute Gasteiger partial charge is 0.493 e. The fourth-order valence-corrected chi connectivity index (χ4v) is 4.32. The quantitative estimate of drug-likeness (QED) is 0.235. The van der Waals surface area contributed by atoms with Crippen LogP contribution in [0.1, 0.15) is 26.3 Å². The summed E-state index contributed by atoms with van der Waals surface area (Å²) in [6.07, 6.45) is 0. The van der Waals surface area contributed by atoms with Gasteiger partial charge in [-0.2, -0.15) is 0 Å². The zero-order valence-electron chi connectivity index (χ0n) is 21.5. The molecule has 7 nitrogen and oxygen atoms in total. The molecule has 0 saturated heterocycles. The van der Waals surface area contributed by atoms with Crippen molar-refractivity contribution in [3.05, 3.63) is 120 Å². The third-order valence-electron chi connectivity index (χ3n) is 6.24. The van der Waals surface area contributed by atoms with Gasteiger partial charge in [-0.05, 0) is 59.2 Å². The fourth-order valence-electron chi connectivity index (χ4n) is 4.32. The number of methoxy groups -OCH3 is 2. The minimum absolute atomic E-state index is 0.194. The van der Waals surface area contributed by atoms with Crippen molar-refractivity contribution in [1.29, 1.82) is 0 Å². The Balaban J connectivity index is 1.39. The Hall–Kier alpha value is -5.17. The molecule has 1 amide bonds. The first-order valence-corrected chi connectivity index (χ1v) is 12.3. The minimum atomic E-state index is -0.420. The Bertz CT molecular complexity index is 1640. The molecule has 0 fully saturated rings. The van der Waals surface area contributed by atoms with Gasteiger partial charge in [-0.25, -0.2) is 9.78 Å². The second-order valence-corrected chi connectivity index (χ2v) is 8.71. The van der Waals surface area contributed by atoms with Gasteiger partial charge in [0.1, 0.15) is 12.4 Å². The molecule has 0 aliphatic carbocycles. The second kappa shape index (κ2) is 11.5. The highest BCUT2D eigenvalue weighted by molar-refractivity contribution is 6.11. The Morgan fingerprint density at radius 1 is 0.795 bits per heavy atom. The Morgan fingerprint density at radius 3 is 2.26 bits per heavy atom. The van der Waals surface area contributed by atoms with Crippen molar-refractivity contribution in [1.82, 2.24) is 4.98 Å². The van der Waals surface area contributed by atoms with Crippen LogP contribution in [0.2, 0.25) is 0 Å². The van der Waals surface area contributed by atoms with Crippen LogP contribution >= 0.6 is 0 Å². The molecule has 0 atom stereocenters. The summed E-state index contributed by atoms with van der Waals surface area (Å²) in [7, 11) is 3.03. The van der Waals surface area contributed by atoms with Crippen LogP contribution in [0.4, 0.5) is 5.82 Å². The molecule has 1 N–H and O–H groups in total. The number of amides is 1. The number of nitrogens with one attached hydrogen (secondary N) is 1. The van der Waals surface area contributed by atoms with Crippen molar-refractivity contribution in [2.75, 3.05) is 19.5 Å². The van der Waals surface area contributed by atoms with Crippen LogP contribution in [0.15, 0.2) is 103 Å². The van der Waals surface area contributed by atoms with Crippen molar-refractivity contribution >= 4 is 28.6 Å². The Kier molecular flexibility index (Phi) is 7.50. The average molecular weight is 519 g/mol. The minimum Gasteiger partial charge on any atom is -0.493 e. The molecule has 1 aromatic heterocycles. The summed E-state index contributed by atoms with van der Waals surface area (Å²) in [6, 6.07) is 31.3. The lowest BCUT2D eigenvalue weighted by molar-refractivity contribution is 0.0473. The highest BCUT2D eigenvalue weighted by Gasteiger charge is 2.23. The summed E-state index contributed by atoms with van der Waals surface area (Å²) >= 11 is 0. The van der Waals surface area contributed by atoms with Crippen LogP contribution in [-0.4, -0.2) is 31.1 Å². The lowest BCUT2D eigenvalue weighted by atomic mass is 9.97. The molecule has 194 valence electrons. The first-order valence-electron chi connectivity index (χ1n) is 12.3. The second-order valence-electron chi connectivity index (χ2n) is 8.71. The third kappa shape index (κ3) is 5.57. The Morgan fingerprint density at radius 2 is 1.54 bits per heavy atom. The SMILES string of the molecule is COc1ccc(-c2ccccc2)c(C(=O)Nc2ccc3cc(C(=O)OCc4ccccc4)ccc3n2)c1OC. The van der Waals surface area contributed by atoms with Gasteiger partial charge in [0.2, 0.25) is 0 Å². The van der Waals surface area contributed by atoms with Gasteiger partial charge in [0.25, 0.3) is 5.91 Å². The number of fused-ring (bicyclic) bond motifs is 1. The van der Waals surface area contributed by atoms with E-state index in [-0.39, 0.29) is 6.61 Å². The molecule has 5 rings (SSSR count). The van der Waals surface area contributed by atoms with Crippen molar-refractivity contribution < 1.29 is 23.8 Å². The summed E-state index contributed by atoms with van der Waals surface area (Å²) in [5.74, 6) is 0.321. The fraction of sp³-hybridized carbons (Fsp3) is 0.0938. The Labute approximate surface area is 226 Å². The maximum absolute atomic E-state index is 13.6. The molecule has 7 heteroatoms. The molecular weight excluding hydrogens is 492 g/mol. The molecule has 0 bridgehead atoms. The highest BCUT2D eigenvalue weighted by Crippen LogP contribution is 2.38. The molecule has 0 aliphatic heterocycles. The average Bonchev–Trinajstić information content (AvgIpc) is 2.99. The molecule has 5 aromatic rings. The van der Waals surface area contributed by atoms with Crippen LogP contribution < -0.4 is 14.8 Å². The number of hydrogen-bond donors (Lipinski definition) is 1. The summed E-state index contributed by atoms with van der Waals surface area (Å²) in [5.41, 5.74) is 3.85. The third-order valence-corrected chi connectivity index (χ3v) is 6.24. The number of benzene rings is 4. The topological polar surface area (TPSA) is 86.8 Å². The number of rotatable bonds is 8. The summed E-state index contributed by atoms with van der Waals surface area (Å²) in [4.78, 5) is 30.7. The van der Waals surface area contributed by atoms with Crippen molar-refractivity contribution in [2.45, 2.75) is 6.61 Å². The molecule has 0 saturated carbocycles. The number of carbonyl (C=O) groups is 2. The van der Waals surface area contributed by atoms with Crippen LogP contribution in [0.3, 0.4) is 0 Å². The van der Waals surface area contributed by atoms with E-state index < -0.39 is 11.9 Å². The summed E-state index contributed by atoms with van der Waals surface area (Å²) in [6.45, 7) is 0.194. The summed E-state index contributed by atoms with van der Waals surface area (Å²) < 4.78 is 16.5. The van der Waals surface area contributed by atoms with Crippen LogP contribution in [0, 0.1) is 0 Å². The number of pyridine rings is 1. The number of esters is 1. The number of carbonyl (C=O) groups excluding carboxylic acids is 2. The number of ether oxygens (including phenoxy) is 3. The van der Waals surface area contributed by atoms with E-state index >= 15 is 0 Å². The summed E-state index contributed by atoms with van der Waals surface area (Å²) in [5, 5.41) is 3.63. The normalized spacial score (nSPS) is 10.6. The van der Waals surface area contributed by atoms with E-state index in [1.165, 1.54) is 14.2 Å². The standard InChI is InChI=1S/C32H26N2O5/c1-37-27-17-15-25(22-11-7-4-8-12-22)29(30(27)38-2)31(35)34-28-18-14-23-19-24(13-16-26(23)33-28)32(36)39-20-21-9-5-3-6-10-21/h3-19H,20H2,1-2H3,(H,33,34,35). The molecule has 0 spiro atoms. The van der Waals surface area contributed by atoms with Crippen molar-refractivity contribution in [2.24, 2.45) is 0 Å². The van der Waals surface area contributed by atoms with Gasteiger partial charge < -0.3 is 19.5 Å². The maximum Gasteiger partial charge on any atom is 0.338 e. The molecule has 0 radical (unpaired) electrons. The van der Waals surface area contributed by atoms with Crippen molar-refractivity contribution in [3.8, 4) is 22.6 Å². The maximum atomic E-state index is 13.6. The monoisotopic (exact) mass is 518 g/mol. The predicted octanol–water partition coefficient (Wildman–Crippen LogP) is 6.53. The first-order chi connectivity index (χ1) is 19.1. The first kappa shape index (κ1) is 25.5. The van der Waals surface area contributed by atoms with E-state index in [1.54, 1.807) is 36.4 Å². The molecule has 0 aliphatic rings. The zero-order chi connectivity index (χ0) is 27.2. The molecule has 1 heterocycles. The van der Waals surface area contributed by atoms with Crippen molar-refractivity contribution in [3.63, 3.8) is 0 Å². The van der Waals surface area contributed by atoms with Crippen LogP contribution in [-0.2, 0) is 11.3 Å². The van der Waals surface area contributed by atoms with E-state index in [1.807, 2.05) is 66.7 Å². The van der Waals surface area contributed by atoms with E-state index in [2.05, 4.69) is 10.3 Å². The molecule has 39 heavy (non-hydrogen) atoms. The van der Waals surface area contributed by atoms with Crippen LogP contribution in [0.25, 0.3) is 22.0 Å². The van der Waals surface area contributed by atoms with E-state index in [9.17, 15) is 9.59 Å². The molecular formula is C32H26N2O5. The predicted molar refractivity (Wildman–Crippen MR) is 150 cm³/mol. The zero-order valence-corrected chi connectivity index (χ0v) is 21.5. The van der Waals surface area contributed by atoms with Gasteiger partial charge in [-0.3, -0.25) is 4.79 Å². The number of anilines is 1. The van der Waals surface area contributed by atoms with E-state index in [0.717, 1.165) is 16.5 Å². The highest BCUT2D eigenvalue weighted by atomic mass is 16.5. The van der Waals surface area contributed by atoms with Gasteiger partial charge in [-0.1, -0.05) is 60.7 Å². The van der Waals surface area contributed by atoms with Gasteiger partial charge in [0.05, 0.1) is 30.9 Å². The molecule has 0 unspecified atom stereocenters. The smallest absolute Gasteiger partial charge is 0.338 e. The van der Waals surface area contributed by atoms with Gasteiger partial charge in [0, 0.05) is 5.39 Å².